The fraction of sp³-hybridized carbons (Fsp3) is 0.917. The van der Waals surface area contributed by atoms with Crippen LogP contribution >= 0.6 is 22.6 Å². The summed E-state index contributed by atoms with van der Waals surface area (Å²) in [5.74, 6) is -0.686. The second-order valence-electron chi connectivity index (χ2n) is 4.37. The molecular weight excluding hydrogens is 303 g/mol. The van der Waals surface area contributed by atoms with Crippen molar-refractivity contribution in [3.63, 3.8) is 0 Å². The molecule has 1 N–H and O–H groups in total. The van der Waals surface area contributed by atoms with Crippen molar-refractivity contribution in [3.05, 3.63) is 0 Å². The van der Waals surface area contributed by atoms with Crippen molar-refractivity contribution < 1.29 is 9.90 Å². The Balaban J connectivity index is 3.35. The van der Waals surface area contributed by atoms with Crippen molar-refractivity contribution >= 4 is 28.6 Å². The number of carbonyl (C=O) groups is 1. The molecule has 90 valence electrons. The molecule has 0 spiro atoms. The molecule has 0 amide bonds. The van der Waals surface area contributed by atoms with Crippen molar-refractivity contribution in [2.75, 3.05) is 0 Å². The first-order valence-electron chi connectivity index (χ1n) is 5.93. The number of unbranched alkanes of at least 4 members (excludes halogenated alkanes) is 6. The molecule has 0 aliphatic rings. The molecule has 0 saturated heterocycles. The third-order valence-corrected chi connectivity index (χ3v) is 3.70. The maximum atomic E-state index is 10.8. The van der Waals surface area contributed by atoms with E-state index in [2.05, 4.69) is 6.92 Å². The molecule has 0 saturated carbocycles. The number of hydrogen-bond donors (Lipinski definition) is 1. The van der Waals surface area contributed by atoms with Crippen LogP contribution in [0.3, 0.4) is 0 Å². The summed E-state index contributed by atoms with van der Waals surface area (Å²) in [7, 11) is 0. The van der Waals surface area contributed by atoms with Gasteiger partial charge < -0.3 is 5.11 Å². The predicted molar refractivity (Wildman–Crippen MR) is 72.7 cm³/mol. The lowest BCUT2D eigenvalue weighted by Crippen LogP contribution is -2.27. The van der Waals surface area contributed by atoms with Gasteiger partial charge in [0.05, 0.1) is 0 Å². The summed E-state index contributed by atoms with van der Waals surface area (Å²) in [5, 5.41) is 8.91. The van der Waals surface area contributed by atoms with E-state index in [1.807, 2.05) is 22.6 Å². The van der Waals surface area contributed by atoms with E-state index in [0.29, 0.717) is 0 Å². The standard InChI is InChI=1S/C12H23IO2/c1-3-4-5-6-7-8-9-10-12(2,13)11(14)15/h3-10H2,1-2H3,(H,14,15). The lowest BCUT2D eigenvalue weighted by atomic mass is 10.0. The van der Waals surface area contributed by atoms with Gasteiger partial charge >= 0.3 is 5.97 Å². The smallest absolute Gasteiger partial charge is 0.319 e. The molecule has 1 atom stereocenters. The maximum absolute atomic E-state index is 10.8. The molecule has 3 heteroatoms. The number of hydrogen-bond acceptors (Lipinski definition) is 1. The molecule has 2 nitrogen and oxygen atoms in total. The van der Waals surface area contributed by atoms with Crippen LogP contribution < -0.4 is 0 Å². The van der Waals surface area contributed by atoms with Crippen LogP contribution in [0.25, 0.3) is 0 Å². The Bertz CT molecular complexity index is 178. The summed E-state index contributed by atoms with van der Waals surface area (Å²) >= 11 is 2.04. The van der Waals surface area contributed by atoms with Gasteiger partial charge in [-0.25, -0.2) is 0 Å². The highest BCUT2D eigenvalue weighted by Gasteiger charge is 2.28. The summed E-state index contributed by atoms with van der Waals surface area (Å²) < 4.78 is -0.568. The van der Waals surface area contributed by atoms with E-state index in [1.165, 1.54) is 38.5 Å². The van der Waals surface area contributed by atoms with Gasteiger partial charge in [0.25, 0.3) is 0 Å². The van der Waals surface area contributed by atoms with Crippen LogP contribution in [0, 0.1) is 0 Å². The quantitative estimate of drug-likeness (QED) is 0.387. The van der Waals surface area contributed by atoms with Crippen LogP contribution in [0.1, 0.15) is 65.2 Å². The van der Waals surface area contributed by atoms with Crippen LogP contribution in [0.5, 0.6) is 0 Å². The van der Waals surface area contributed by atoms with E-state index in [9.17, 15) is 4.79 Å². The Labute approximate surface area is 107 Å². The highest BCUT2D eigenvalue weighted by atomic mass is 127. The molecule has 0 rings (SSSR count). The second kappa shape index (κ2) is 8.36. The minimum absolute atomic E-state index is 0.568. The van der Waals surface area contributed by atoms with Crippen LogP contribution in [0.2, 0.25) is 0 Å². The van der Waals surface area contributed by atoms with Gasteiger partial charge in [-0.1, -0.05) is 74.5 Å². The Kier molecular flexibility index (Phi) is 8.47. The van der Waals surface area contributed by atoms with E-state index in [0.717, 1.165) is 12.8 Å². The van der Waals surface area contributed by atoms with Crippen LogP contribution in [-0.2, 0) is 4.79 Å². The van der Waals surface area contributed by atoms with Gasteiger partial charge in [0, 0.05) is 0 Å². The summed E-state index contributed by atoms with van der Waals surface area (Å²) in [6.45, 7) is 4.02. The Hall–Kier alpha value is 0.200. The fourth-order valence-corrected chi connectivity index (χ4v) is 1.90. The SMILES string of the molecule is CCCCCCCCCC(C)(I)C(=O)O. The Morgan fingerprint density at radius 3 is 2.07 bits per heavy atom. The first kappa shape index (κ1) is 15.2. The van der Waals surface area contributed by atoms with Crippen molar-refractivity contribution in [1.29, 1.82) is 0 Å². The molecule has 0 aromatic rings. The number of carboxylic acids is 1. The first-order valence-corrected chi connectivity index (χ1v) is 7.01. The molecule has 0 fully saturated rings. The minimum Gasteiger partial charge on any atom is -0.480 e. The molecule has 0 heterocycles. The van der Waals surface area contributed by atoms with Gasteiger partial charge in [0.1, 0.15) is 3.42 Å². The lowest BCUT2D eigenvalue weighted by Gasteiger charge is -2.16. The monoisotopic (exact) mass is 326 g/mol. The average molecular weight is 326 g/mol. The zero-order valence-electron chi connectivity index (χ0n) is 9.89. The lowest BCUT2D eigenvalue weighted by molar-refractivity contribution is -0.139. The molecule has 0 aromatic heterocycles. The van der Waals surface area contributed by atoms with Gasteiger partial charge in [-0.3, -0.25) is 4.79 Å². The van der Waals surface area contributed by atoms with E-state index < -0.39 is 9.39 Å². The maximum Gasteiger partial charge on any atom is 0.319 e. The highest BCUT2D eigenvalue weighted by Crippen LogP contribution is 2.25. The van der Waals surface area contributed by atoms with E-state index in [4.69, 9.17) is 5.11 Å². The summed E-state index contributed by atoms with van der Waals surface area (Å²) in [6, 6.07) is 0. The first-order chi connectivity index (χ1) is 7.00. The number of rotatable bonds is 9. The van der Waals surface area contributed by atoms with E-state index in [1.54, 1.807) is 6.92 Å². The molecule has 0 aliphatic carbocycles. The molecule has 0 aromatic carbocycles. The predicted octanol–water partition coefficient (Wildman–Crippen LogP) is 4.41. The molecule has 0 radical (unpaired) electrons. The van der Waals surface area contributed by atoms with E-state index in [-0.39, 0.29) is 0 Å². The third kappa shape index (κ3) is 8.05. The van der Waals surface area contributed by atoms with Gasteiger partial charge in [0.15, 0.2) is 0 Å². The van der Waals surface area contributed by atoms with Crippen molar-refractivity contribution in [2.45, 2.75) is 68.6 Å². The second-order valence-corrected chi connectivity index (χ2v) is 6.75. The molecular formula is C12H23IO2. The van der Waals surface area contributed by atoms with Gasteiger partial charge in [-0.15, -0.1) is 0 Å². The highest BCUT2D eigenvalue weighted by molar-refractivity contribution is 14.1. The van der Waals surface area contributed by atoms with Crippen LogP contribution in [0.15, 0.2) is 0 Å². The van der Waals surface area contributed by atoms with Crippen molar-refractivity contribution in [1.82, 2.24) is 0 Å². The summed E-state index contributed by atoms with van der Waals surface area (Å²) in [5.41, 5.74) is 0. The van der Waals surface area contributed by atoms with E-state index >= 15 is 0 Å². The van der Waals surface area contributed by atoms with Crippen molar-refractivity contribution in [3.8, 4) is 0 Å². The molecule has 1 unspecified atom stereocenters. The Morgan fingerprint density at radius 2 is 1.60 bits per heavy atom. The minimum atomic E-state index is -0.686. The van der Waals surface area contributed by atoms with Crippen LogP contribution in [0.4, 0.5) is 0 Å². The largest absolute Gasteiger partial charge is 0.480 e. The molecule has 0 aliphatic heterocycles. The zero-order chi connectivity index (χ0) is 11.7. The van der Waals surface area contributed by atoms with Crippen molar-refractivity contribution in [2.24, 2.45) is 0 Å². The summed E-state index contributed by atoms with van der Waals surface area (Å²) in [4.78, 5) is 10.8. The van der Waals surface area contributed by atoms with Gasteiger partial charge in [0.2, 0.25) is 0 Å². The topological polar surface area (TPSA) is 37.3 Å². The van der Waals surface area contributed by atoms with Crippen LogP contribution in [-0.4, -0.2) is 14.5 Å². The number of halogens is 1. The number of aliphatic carboxylic acids is 1. The molecule has 0 bridgehead atoms. The fourth-order valence-electron chi connectivity index (χ4n) is 1.52. The van der Waals surface area contributed by atoms with Gasteiger partial charge in [-0.05, 0) is 13.3 Å². The summed E-state index contributed by atoms with van der Waals surface area (Å²) in [6.07, 6.45) is 9.51. The molecule has 15 heavy (non-hydrogen) atoms. The third-order valence-electron chi connectivity index (χ3n) is 2.70. The number of alkyl halides is 1. The average Bonchev–Trinajstić information content (AvgIpc) is 2.16. The Morgan fingerprint density at radius 1 is 1.13 bits per heavy atom. The van der Waals surface area contributed by atoms with Gasteiger partial charge in [-0.2, -0.15) is 0 Å². The normalized spacial score (nSPS) is 14.9. The number of carboxylic acid groups (broad SMARTS) is 1. The zero-order valence-corrected chi connectivity index (χ0v) is 12.0.